The predicted molar refractivity (Wildman–Crippen MR) is 70.2 cm³/mol. The van der Waals surface area contributed by atoms with E-state index in [-0.39, 0.29) is 11.8 Å². The van der Waals surface area contributed by atoms with Crippen LogP contribution in [0, 0.1) is 10.1 Å². The Hall–Kier alpha value is -1.14. The van der Waals surface area contributed by atoms with Crippen molar-refractivity contribution in [2.24, 2.45) is 0 Å². The summed E-state index contributed by atoms with van der Waals surface area (Å²) in [5, 5.41) is 22.9. The molecule has 94 valence electrons. The summed E-state index contributed by atoms with van der Waals surface area (Å²) in [6.07, 6.45) is 1.11. The molecule has 1 unspecified atom stereocenters. The van der Waals surface area contributed by atoms with Crippen molar-refractivity contribution in [2.45, 2.75) is 25.9 Å². The smallest absolute Gasteiger partial charge is 0.293 e. The van der Waals surface area contributed by atoms with Crippen molar-refractivity contribution >= 4 is 27.3 Å². The van der Waals surface area contributed by atoms with Gasteiger partial charge in [0.2, 0.25) is 0 Å². The second-order valence-electron chi connectivity index (χ2n) is 3.84. The molecule has 17 heavy (non-hydrogen) atoms. The van der Waals surface area contributed by atoms with Gasteiger partial charge in [-0.05, 0) is 31.9 Å². The van der Waals surface area contributed by atoms with Crippen LogP contribution in [0.2, 0.25) is 0 Å². The van der Waals surface area contributed by atoms with Gasteiger partial charge in [0.15, 0.2) is 0 Å². The predicted octanol–water partition coefficient (Wildman–Crippen LogP) is 2.93. The van der Waals surface area contributed by atoms with E-state index in [2.05, 4.69) is 21.2 Å². The number of hydrogen-bond acceptors (Lipinski definition) is 4. The highest BCUT2D eigenvalue weighted by molar-refractivity contribution is 9.10. The lowest BCUT2D eigenvalue weighted by Gasteiger charge is -2.08. The second kappa shape index (κ2) is 6.56. The van der Waals surface area contributed by atoms with Crippen LogP contribution in [0.4, 0.5) is 11.4 Å². The van der Waals surface area contributed by atoms with Gasteiger partial charge in [0.1, 0.15) is 5.69 Å². The molecule has 2 N–H and O–H groups in total. The van der Waals surface area contributed by atoms with Gasteiger partial charge in [0.25, 0.3) is 5.69 Å². The van der Waals surface area contributed by atoms with E-state index in [1.807, 2.05) is 0 Å². The second-order valence-corrected chi connectivity index (χ2v) is 4.75. The van der Waals surface area contributed by atoms with Gasteiger partial charge in [-0.3, -0.25) is 10.1 Å². The van der Waals surface area contributed by atoms with Crippen LogP contribution in [0.25, 0.3) is 0 Å². The van der Waals surface area contributed by atoms with Gasteiger partial charge in [0.05, 0.1) is 11.0 Å². The van der Waals surface area contributed by atoms with Crippen LogP contribution in [0.5, 0.6) is 0 Å². The fourth-order valence-electron chi connectivity index (χ4n) is 1.43. The summed E-state index contributed by atoms with van der Waals surface area (Å²) in [6, 6.07) is 4.89. The summed E-state index contributed by atoms with van der Waals surface area (Å²) < 4.78 is 0.679. The van der Waals surface area contributed by atoms with E-state index >= 15 is 0 Å². The minimum Gasteiger partial charge on any atom is -0.393 e. The normalized spacial score (nSPS) is 12.2. The molecule has 0 aromatic heterocycles. The van der Waals surface area contributed by atoms with Gasteiger partial charge in [-0.25, -0.2) is 0 Å². The Kier molecular flexibility index (Phi) is 5.37. The molecule has 0 spiro atoms. The molecular weight excluding hydrogens is 288 g/mol. The highest BCUT2D eigenvalue weighted by atomic mass is 79.9. The minimum atomic E-state index is -0.415. The van der Waals surface area contributed by atoms with Crippen LogP contribution in [0.1, 0.15) is 19.8 Å². The summed E-state index contributed by atoms with van der Waals surface area (Å²) >= 11 is 3.20. The molecule has 0 aliphatic heterocycles. The number of aliphatic hydroxyl groups excluding tert-OH is 1. The number of hydrogen-bond donors (Lipinski definition) is 2. The number of rotatable bonds is 6. The quantitative estimate of drug-likeness (QED) is 0.481. The monoisotopic (exact) mass is 302 g/mol. The zero-order chi connectivity index (χ0) is 12.8. The topological polar surface area (TPSA) is 75.4 Å². The maximum Gasteiger partial charge on any atom is 0.293 e. The zero-order valence-corrected chi connectivity index (χ0v) is 11.1. The number of anilines is 1. The van der Waals surface area contributed by atoms with E-state index in [1.54, 1.807) is 19.1 Å². The number of benzene rings is 1. The number of aliphatic hydroxyl groups is 1. The molecule has 0 heterocycles. The van der Waals surface area contributed by atoms with Crippen molar-refractivity contribution in [1.82, 2.24) is 0 Å². The molecule has 1 aromatic carbocycles. The molecule has 5 nitrogen and oxygen atoms in total. The first-order valence-corrected chi connectivity index (χ1v) is 6.16. The summed E-state index contributed by atoms with van der Waals surface area (Å²) in [6.45, 7) is 2.33. The number of nitrogens with zero attached hydrogens (tertiary/aromatic N) is 1. The van der Waals surface area contributed by atoms with Gasteiger partial charge in [-0.1, -0.05) is 15.9 Å². The average Bonchev–Trinajstić information content (AvgIpc) is 2.25. The molecule has 1 atom stereocenters. The molecule has 1 aromatic rings. The first-order chi connectivity index (χ1) is 8.00. The number of nitro benzene ring substituents is 1. The van der Waals surface area contributed by atoms with Crippen molar-refractivity contribution in [3.05, 3.63) is 32.8 Å². The largest absolute Gasteiger partial charge is 0.393 e. The SMILES string of the molecule is CC(O)CCCNc1ccc(Br)cc1[N+](=O)[O-]. The standard InChI is InChI=1S/C11H15BrN2O3/c1-8(15)3-2-6-13-10-5-4-9(12)7-11(10)14(16)17/h4-5,7-8,13,15H,2-3,6H2,1H3. The Balaban J connectivity index is 2.61. The maximum absolute atomic E-state index is 10.8. The third kappa shape index (κ3) is 4.70. The van der Waals surface area contributed by atoms with Crippen molar-refractivity contribution in [3.8, 4) is 0 Å². The Morgan fingerprint density at radius 3 is 2.88 bits per heavy atom. The average molecular weight is 303 g/mol. The fraction of sp³-hybridized carbons (Fsp3) is 0.455. The van der Waals surface area contributed by atoms with Crippen LogP contribution >= 0.6 is 15.9 Å². The van der Waals surface area contributed by atoms with E-state index in [0.29, 0.717) is 23.1 Å². The van der Waals surface area contributed by atoms with Crippen LogP contribution in [-0.4, -0.2) is 22.7 Å². The van der Waals surface area contributed by atoms with Gasteiger partial charge >= 0.3 is 0 Å². The molecule has 0 aliphatic carbocycles. The molecule has 0 bridgehead atoms. The minimum absolute atomic E-state index is 0.0522. The molecule has 0 saturated carbocycles. The maximum atomic E-state index is 10.8. The molecule has 0 saturated heterocycles. The lowest BCUT2D eigenvalue weighted by Crippen LogP contribution is -2.07. The van der Waals surface area contributed by atoms with Crippen LogP contribution in [-0.2, 0) is 0 Å². The van der Waals surface area contributed by atoms with Crippen LogP contribution in [0.3, 0.4) is 0 Å². The number of nitro groups is 1. The van der Waals surface area contributed by atoms with Gasteiger partial charge in [-0.2, -0.15) is 0 Å². The van der Waals surface area contributed by atoms with Gasteiger partial charge in [-0.15, -0.1) is 0 Å². The Bertz CT molecular complexity index is 396. The van der Waals surface area contributed by atoms with E-state index in [0.717, 1.165) is 6.42 Å². The van der Waals surface area contributed by atoms with Crippen molar-refractivity contribution in [1.29, 1.82) is 0 Å². The fourth-order valence-corrected chi connectivity index (χ4v) is 1.77. The lowest BCUT2D eigenvalue weighted by molar-refractivity contribution is -0.384. The van der Waals surface area contributed by atoms with Crippen LogP contribution < -0.4 is 5.32 Å². The third-order valence-electron chi connectivity index (χ3n) is 2.27. The first-order valence-electron chi connectivity index (χ1n) is 5.36. The van der Waals surface area contributed by atoms with Crippen LogP contribution in [0.15, 0.2) is 22.7 Å². The number of halogens is 1. The van der Waals surface area contributed by atoms with E-state index < -0.39 is 4.92 Å². The molecule has 0 amide bonds. The highest BCUT2D eigenvalue weighted by Crippen LogP contribution is 2.27. The van der Waals surface area contributed by atoms with E-state index in [4.69, 9.17) is 5.11 Å². The highest BCUT2D eigenvalue weighted by Gasteiger charge is 2.13. The molecule has 0 fully saturated rings. The van der Waals surface area contributed by atoms with E-state index in [9.17, 15) is 10.1 Å². The Morgan fingerprint density at radius 1 is 1.59 bits per heavy atom. The lowest BCUT2D eigenvalue weighted by atomic mass is 10.2. The zero-order valence-electron chi connectivity index (χ0n) is 9.52. The van der Waals surface area contributed by atoms with Crippen molar-refractivity contribution < 1.29 is 10.0 Å². The molecule has 0 aliphatic rings. The third-order valence-corrected chi connectivity index (χ3v) is 2.76. The molecule has 6 heteroatoms. The number of nitrogens with one attached hydrogen (secondary N) is 1. The first kappa shape index (κ1) is 13.9. The molecular formula is C11H15BrN2O3. The van der Waals surface area contributed by atoms with Crippen molar-refractivity contribution in [2.75, 3.05) is 11.9 Å². The molecule has 0 radical (unpaired) electrons. The summed E-state index contributed by atoms with van der Waals surface area (Å²) in [5.74, 6) is 0. The Morgan fingerprint density at radius 2 is 2.29 bits per heavy atom. The van der Waals surface area contributed by atoms with Gasteiger partial charge < -0.3 is 10.4 Å². The van der Waals surface area contributed by atoms with Gasteiger partial charge in [0, 0.05) is 17.1 Å². The van der Waals surface area contributed by atoms with E-state index in [1.165, 1.54) is 6.07 Å². The Labute approximate surface area is 108 Å². The van der Waals surface area contributed by atoms with Crippen molar-refractivity contribution in [3.63, 3.8) is 0 Å². The summed E-state index contributed by atoms with van der Waals surface area (Å²) in [4.78, 5) is 10.4. The summed E-state index contributed by atoms with van der Waals surface area (Å²) in [5.41, 5.74) is 0.556. The molecule has 1 rings (SSSR count). The summed E-state index contributed by atoms with van der Waals surface area (Å²) in [7, 11) is 0.